The van der Waals surface area contributed by atoms with Gasteiger partial charge in [-0.15, -0.1) is 0 Å². The number of likely N-dealkylation sites (N-methyl/N-ethyl adjacent to an activating group) is 1. The molecular formula is C30H37ClN4O4S. The molecular weight excluding hydrogens is 548 g/mol. The molecule has 0 aliphatic heterocycles. The number of nitrogens with one attached hydrogen (secondary N) is 1. The number of hydrogen-bond acceptors (Lipinski definition) is 4. The first kappa shape index (κ1) is 29.8. The van der Waals surface area contributed by atoms with Gasteiger partial charge in [0, 0.05) is 48.7 Å². The average Bonchev–Trinajstić information content (AvgIpc) is 3.38. The van der Waals surface area contributed by atoms with Gasteiger partial charge in [0.1, 0.15) is 0 Å². The molecule has 0 bridgehead atoms. The number of hydrogen-bond donors (Lipinski definition) is 1. The van der Waals surface area contributed by atoms with E-state index in [1.165, 1.54) is 23.4 Å². The number of nitrogens with zero attached hydrogens (tertiary/aromatic N) is 3. The number of aromatic nitrogens is 1. The Balaban J connectivity index is 1.54. The third-order valence-electron chi connectivity index (χ3n) is 7.37. The fraction of sp³-hybridized carbons (Fsp3) is 0.400. The van der Waals surface area contributed by atoms with Gasteiger partial charge in [0.2, 0.25) is 21.8 Å². The molecule has 1 N–H and O–H groups in total. The lowest BCUT2D eigenvalue weighted by Gasteiger charge is -2.36. The van der Waals surface area contributed by atoms with Crippen molar-refractivity contribution in [1.82, 2.24) is 13.8 Å². The van der Waals surface area contributed by atoms with Crippen molar-refractivity contribution in [2.45, 2.75) is 70.0 Å². The quantitative estimate of drug-likeness (QED) is 0.321. The highest BCUT2D eigenvalue weighted by atomic mass is 35.5. The summed E-state index contributed by atoms with van der Waals surface area (Å²) in [5.41, 5.74) is 2.47. The minimum Gasteiger partial charge on any atom is -0.345 e. The lowest BCUT2D eigenvalue weighted by atomic mass is 9.94. The SMILES string of the molecule is CCN(CC(=O)N(Cc1cccn1Cc1ccccc1Cl)C1CCCCC1)S(=O)(=O)c1ccc(NC(C)=O)cc1. The summed E-state index contributed by atoms with van der Waals surface area (Å²) in [5.74, 6) is -0.449. The largest absolute Gasteiger partial charge is 0.345 e. The predicted molar refractivity (Wildman–Crippen MR) is 158 cm³/mol. The molecule has 1 aliphatic rings. The molecule has 3 aromatic rings. The number of carbonyl (C=O) groups excluding carboxylic acids is 2. The second-order valence-corrected chi connectivity index (χ2v) is 12.5. The van der Waals surface area contributed by atoms with Gasteiger partial charge in [-0.1, -0.05) is 56.0 Å². The summed E-state index contributed by atoms with van der Waals surface area (Å²) in [6.07, 6.45) is 7.03. The van der Waals surface area contributed by atoms with Crippen molar-refractivity contribution in [3.8, 4) is 0 Å². The number of benzene rings is 2. The molecule has 40 heavy (non-hydrogen) atoms. The molecule has 1 heterocycles. The van der Waals surface area contributed by atoms with Crippen LogP contribution in [0.25, 0.3) is 0 Å². The van der Waals surface area contributed by atoms with Crippen LogP contribution in [0.1, 0.15) is 57.2 Å². The zero-order chi connectivity index (χ0) is 28.7. The monoisotopic (exact) mass is 584 g/mol. The highest BCUT2D eigenvalue weighted by molar-refractivity contribution is 7.89. The van der Waals surface area contributed by atoms with Gasteiger partial charge >= 0.3 is 0 Å². The Hall–Kier alpha value is -3.14. The highest BCUT2D eigenvalue weighted by Gasteiger charge is 2.31. The number of anilines is 1. The number of sulfonamides is 1. The van der Waals surface area contributed by atoms with Crippen LogP contribution in [0, 0.1) is 0 Å². The van der Waals surface area contributed by atoms with E-state index in [4.69, 9.17) is 11.6 Å². The summed E-state index contributed by atoms with van der Waals surface area (Å²) >= 11 is 6.41. The van der Waals surface area contributed by atoms with Crippen LogP contribution in [0.2, 0.25) is 5.02 Å². The zero-order valence-corrected chi connectivity index (χ0v) is 24.6. The van der Waals surface area contributed by atoms with E-state index in [-0.39, 0.29) is 35.8 Å². The van der Waals surface area contributed by atoms with Crippen LogP contribution in [-0.2, 0) is 32.7 Å². The van der Waals surface area contributed by atoms with Crippen molar-refractivity contribution >= 4 is 39.1 Å². The molecule has 0 spiro atoms. The minimum absolute atomic E-state index is 0.0586. The van der Waals surface area contributed by atoms with Gasteiger partial charge in [0.15, 0.2) is 0 Å². The van der Waals surface area contributed by atoms with Crippen LogP contribution in [0.3, 0.4) is 0 Å². The standard InChI is InChI=1S/C30H37ClN4O4S/c1-3-34(40(38,39)28-17-15-25(16-18-28)32-23(2)36)22-30(37)35(26-11-5-4-6-12-26)21-27-13-9-19-33(27)20-24-10-7-8-14-29(24)31/h7-10,13-19,26H,3-6,11-12,20-22H2,1-2H3,(H,32,36). The van der Waals surface area contributed by atoms with Crippen molar-refractivity contribution in [2.24, 2.45) is 0 Å². The van der Waals surface area contributed by atoms with E-state index < -0.39 is 10.0 Å². The van der Waals surface area contributed by atoms with Crippen molar-refractivity contribution in [2.75, 3.05) is 18.4 Å². The summed E-state index contributed by atoms with van der Waals surface area (Å²) in [5, 5.41) is 3.33. The molecule has 0 atom stereocenters. The van der Waals surface area contributed by atoms with E-state index >= 15 is 0 Å². The Labute approximate surface area is 242 Å². The van der Waals surface area contributed by atoms with Gasteiger partial charge in [-0.3, -0.25) is 9.59 Å². The van der Waals surface area contributed by atoms with Crippen LogP contribution >= 0.6 is 11.6 Å². The molecule has 4 rings (SSSR count). The molecule has 0 unspecified atom stereocenters. The fourth-order valence-electron chi connectivity index (χ4n) is 5.22. The molecule has 1 saturated carbocycles. The maximum absolute atomic E-state index is 13.9. The molecule has 0 saturated heterocycles. The van der Waals surface area contributed by atoms with Crippen LogP contribution in [0.5, 0.6) is 0 Å². The van der Waals surface area contributed by atoms with Gasteiger partial charge in [0.25, 0.3) is 0 Å². The van der Waals surface area contributed by atoms with Crippen LogP contribution in [0.4, 0.5) is 5.69 Å². The summed E-state index contributed by atoms with van der Waals surface area (Å²) in [6, 6.07) is 17.7. The van der Waals surface area contributed by atoms with Gasteiger partial charge < -0.3 is 14.8 Å². The smallest absolute Gasteiger partial charge is 0.243 e. The topological polar surface area (TPSA) is 91.7 Å². The second kappa shape index (κ2) is 13.5. The number of halogens is 1. The van der Waals surface area contributed by atoms with E-state index in [0.29, 0.717) is 23.8 Å². The molecule has 1 aliphatic carbocycles. The first-order chi connectivity index (χ1) is 19.2. The highest BCUT2D eigenvalue weighted by Crippen LogP contribution is 2.26. The molecule has 2 aromatic carbocycles. The molecule has 1 fully saturated rings. The minimum atomic E-state index is -3.92. The Bertz CT molecular complexity index is 1420. The molecule has 8 nitrogen and oxygen atoms in total. The second-order valence-electron chi connectivity index (χ2n) is 10.2. The van der Waals surface area contributed by atoms with Crippen molar-refractivity contribution in [1.29, 1.82) is 0 Å². The maximum Gasteiger partial charge on any atom is 0.243 e. The van der Waals surface area contributed by atoms with Crippen LogP contribution in [-0.4, -0.2) is 53.1 Å². The first-order valence-electron chi connectivity index (χ1n) is 13.7. The lowest BCUT2D eigenvalue weighted by Crippen LogP contribution is -2.47. The summed E-state index contributed by atoms with van der Waals surface area (Å²) in [7, 11) is -3.92. The van der Waals surface area contributed by atoms with Crippen LogP contribution in [0.15, 0.2) is 71.8 Å². The third-order valence-corrected chi connectivity index (χ3v) is 9.67. The van der Waals surface area contributed by atoms with Gasteiger partial charge in [0.05, 0.1) is 18.0 Å². The average molecular weight is 585 g/mol. The lowest BCUT2D eigenvalue weighted by molar-refractivity contribution is -0.135. The van der Waals surface area contributed by atoms with E-state index in [1.54, 1.807) is 19.1 Å². The summed E-state index contributed by atoms with van der Waals surface area (Å²) in [6.45, 7) is 4.01. The van der Waals surface area contributed by atoms with Crippen molar-refractivity contribution in [3.05, 3.63) is 83.1 Å². The number of carbonyl (C=O) groups is 2. The maximum atomic E-state index is 13.9. The van der Waals surface area contributed by atoms with E-state index in [9.17, 15) is 18.0 Å². The van der Waals surface area contributed by atoms with Gasteiger partial charge in [-0.25, -0.2) is 8.42 Å². The Kier molecular flexibility index (Phi) is 10.1. The third kappa shape index (κ3) is 7.33. The molecule has 2 amide bonds. The number of amides is 2. The Morgan fingerprint density at radius 3 is 2.35 bits per heavy atom. The fourth-order valence-corrected chi connectivity index (χ4v) is 6.81. The Morgan fingerprint density at radius 1 is 1.00 bits per heavy atom. The summed E-state index contributed by atoms with van der Waals surface area (Å²) in [4.78, 5) is 27.1. The molecule has 1 aromatic heterocycles. The van der Waals surface area contributed by atoms with E-state index in [0.717, 1.165) is 43.4 Å². The molecule has 10 heteroatoms. The van der Waals surface area contributed by atoms with Gasteiger partial charge in [-0.2, -0.15) is 4.31 Å². The molecule has 0 radical (unpaired) electrons. The molecule has 214 valence electrons. The van der Waals surface area contributed by atoms with Crippen molar-refractivity contribution < 1.29 is 18.0 Å². The number of rotatable bonds is 11. The van der Waals surface area contributed by atoms with E-state index in [1.807, 2.05) is 47.5 Å². The van der Waals surface area contributed by atoms with E-state index in [2.05, 4.69) is 9.88 Å². The zero-order valence-electron chi connectivity index (χ0n) is 23.1. The Morgan fingerprint density at radius 2 is 1.70 bits per heavy atom. The normalized spacial score (nSPS) is 14.3. The predicted octanol–water partition coefficient (Wildman–Crippen LogP) is 5.52. The first-order valence-corrected chi connectivity index (χ1v) is 15.6. The van der Waals surface area contributed by atoms with Crippen LogP contribution < -0.4 is 5.32 Å². The van der Waals surface area contributed by atoms with Gasteiger partial charge in [-0.05, 0) is 60.9 Å². The van der Waals surface area contributed by atoms with Crippen molar-refractivity contribution in [3.63, 3.8) is 0 Å². The summed E-state index contributed by atoms with van der Waals surface area (Å²) < 4.78 is 30.3.